The maximum atomic E-state index is 12.1. The van der Waals surface area contributed by atoms with E-state index in [-0.39, 0.29) is 22.2 Å². The Bertz CT molecular complexity index is 504. The molecule has 0 spiro atoms. The molecule has 0 heterocycles. The smallest absolute Gasteiger partial charge is 0.271 e. The fourth-order valence-corrected chi connectivity index (χ4v) is 2.14. The van der Waals surface area contributed by atoms with Crippen molar-refractivity contribution in [2.24, 2.45) is 0 Å². The molecule has 5 nitrogen and oxygen atoms in total. The van der Waals surface area contributed by atoms with E-state index in [1.807, 2.05) is 13.8 Å². The van der Waals surface area contributed by atoms with Gasteiger partial charge in [-0.15, -0.1) is 0 Å². The van der Waals surface area contributed by atoms with Crippen molar-refractivity contribution < 1.29 is 9.72 Å². The zero-order chi connectivity index (χ0) is 14.6. The Morgan fingerprint density at radius 1 is 1.53 bits per heavy atom. The van der Waals surface area contributed by atoms with Gasteiger partial charge in [-0.05, 0) is 19.4 Å². The van der Waals surface area contributed by atoms with Gasteiger partial charge in [0.15, 0.2) is 0 Å². The predicted octanol–water partition coefficient (Wildman–Crippen LogP) is 3.54. The quantitative estimate of drug-likeness (QED) is 0.502. The second kappa shape index (κ2) is 6.34. The first kappa shape index (κ1) is 15.9. The minimum absolute atomic E-state index is 0.163. The van der Waals surface area contributed by atoms with Gasteiger partial charge in [0.25, 0.3) is 11.6 Å². The molecule has 0 aromatic heterocycles. The summed E-state index contributed by atoms with van der Waals surface area (Å²) in [5.74, 6) is -0.380. The first-order chi connectivity index (χ1) is 8.81. The molecule has 1 aromatic carbocycles. The van der Waals surface area contributed by atoms with Crippen LogP contribution in [0.5, 0.6) is 0 Å². The Hall–Kier alpha value is -1.14. The van der Waals surface area contributed by atoms with E-state index in [4.69, 9.17) is 11.6 Å². The number of nitro groups is 1. The average Bonchev–Trinajstić information content (AvgIpc) is 2.37. The number of rotatable bonds is 5. The molecule has 104 valence electrons. The molecule has 19 heavy (non-hydrogen) atoms. The van der Waals surface area contributed by atoms with Gasteiger partial charge >= 0.3 is 0 Å². The Morgan fingerprint density at radius 2 is 2.16 bits per heavy atom. The van der Waals surface area contributed by atoms with Crippen LogP contribution in [0.2, 0.25) is 5.02 Å². The van der Waals surface area contributed by atoms with Gasteiger partial charge in [0.1, 0.15) is 0 Å². The van der Waals surface area contributed by atoms with E-state index < -0.39 is 10.5 Å². The Morgan fingerprint density at radius 3 is 2.63 bits per heavy atom. The van der Waals surface area contributed by atoms with Gasteiger partial charge in [-0.2, -0.15) is 0 Å². The minimum atomic E-state index is -0.577. The number of alkyl halides is 1. The summed E-state index contributed by atoms with van der Waals surface area (Å²) in [6, 6.07) is 3.83. The van der Waals surface area contributed by atoms with E-state index in [1.54, 1.807) is 0 Å². The van der Waals surface area contributed by atoms with Gasteiger partial charge in [-0.3, -0.25) is 14.9 Å². The van der Waals surface area contributed by atoms with Crippen LogP contribution in [0.1, 0.15) is 30.6 Å². The van der Waals surface area contributed by atoms with Crippen LogP contribution in [0.25, 0.3) is 0 Å². The van der Waals surface area contributed by atoms with Crippen LogP contribution in [-0.2, 0) is 0 Å². The number of hydrogen-bond acceptors (Lipinski definition) is 3. The van der Waals surface area contributed by atoms with E-state index >= 15 is 0 Å². The number of non-ortho nitro benzene ring substituents is 1. The summed E-state index contributed by atoms with van der Waals surface area (Å²) in [4.78, 5) is 22.2. The molecule has 1 unspecified atom stereocenters. The standard InChI is InChI=1S/C12H14BrClN2O3/c1-3-12(2,7-13)15-11(17)8-4-9(14)6-10(5-8)16(18)19/h4-6H,3,7H2,1-2H3,(H,15,17). The van der Waals surface area contributed by atoms with Gasteiger partial charge < -0.3 is 5.32 Å². The number of nitro benzene ring substituents is 1. The molecule has 0 bridgehead atoms. The highest BCUT2D eigenvalue weighted by Crippen LogP contribution is 2.22. The number of hydrogen-bond donors (Lipinski definition) is 1. The van der Waals surface area contributed by atoms with Gasteiger partial charge in [-0.1, -0.05) is 34.5 Å². The fourth-order valence-electron chi connectivity index (χ4n) is 1.37. The summed E-state index contributed by atoms with van der Waals surface area (Å²) in [7, 11) is 0. The molecular weight excluding hydrogens is 336 g/mol. The number of nitrogens with zero attached hydrogens (tertiary/aromatic N) is 1. The largest absolute Gasteiger partial charge is 0.346 e. The summed E-state index contributed by atoms with van der Waals surface area (Å²) >= 11 is 9.12. The number of amides is 1. The van der Waals surface area contributed by atoms with Crippen molar-refractivity contribution in [3.8, 4) is 0 Å². The molecule has 0 radical (unpaired) electrons. The zero-order valence-electron chi connectivity index (χ0n) is 10.6. The van der Waals surface area contributed by atoms with Crippen LogP contribution in [0.4, 0.5) is 5.69 Å². The molecular formula is C12H14BrClN2O3. The van der Waals surface area contributed by atoms with Gasteiger partial charge in [-0.25, -0.2) is 0 Å². The Labute approximate surface area is 124 Å². The van der Waals surface area contributed by atoms with Crippen molar-refractivity contribution in [2.75, 3.05) is 5.33 Å². The zero-order valence-corrected chi connectivity index (χ0v) is 12.9. The molecule has 0 fully saturated rings. The Kier molecular flexibility index (Phi) is 5.31. The highest BCUT2D eigenvalue weighted by atomic mass is 79.9. The number of carbonyl (C=O) groups excluding carboxylic acids is 1. The van der Waals surface area contributed by atoms with Crippen LogP contribution in [0, 0.1) is 10.1 Å². The number of nitrogens with one attached hydrogen (secondary N) is 1. The van der Waals surface area contributed by atoms with Gasteiger partial charge in [0, 0.05) is 33.6 Å². The number of benzene rings is 1. The second-order valence-electron chi connectivity index (χ2n) is 4.46. The average molecular weight is 350 g/mol. The topological polar surface area (TPSA) is 72.2 Å². The molecule has 1 atom stereocenters. The van der Waals surface area contributed by atoms with Crippen LogP contribution in [0.15, 0.2) is 18.2 Å². The van der Waals surface area contributed by atoms with Gasteiger partial charge in [0.2, 0.25) is 0 Å². The van der Waals surface area contributed by atoms with E-state index in [2.05, 4.69) is 21.2 Å². The third-order valence-electron chi connectivity index (χ3n) is 2.85. The lowest BCUT2D eigenvalue weighted by atomic mass is 10.0. The predicted molar refractivity (Wildman–Crippen MR) is 78.1 cm³/mol. The van der Waals surface area contributed by atoms with E-state index in [0.717, 1.165) is 6.42 Å². The molecule has 1 aromatic rings. The first-order valence-electron chi connectivity index (χ1n) is 5.65. The molecule has 1 rings (SSSR count). The highest BCUT2D eigenvalue weighted by Gasteiger charge is 2.24. The van der Waals surface area contributed by atoms with Crippen molar-refractivity contribution in [1.29, 1.82) is 0 Å². The maximum absolute atomic E-state index is 12.1. The normalized spacial score (nSPS) is 13.7. The van der Waals surface area contributed by atoms with E-state index in [9.17, 15) is 14.9 Å². The summed E-state index contributed by atoms with van der Waals surface area (Å²) in [6.45, 7) is 3.83. The maximum Gasteiger partial charge on any atom is 0.271 e. The lowest BCUT2D eigenvalue weighted by Gasteiger charge is -2.27. The van der Waals surface area contributed by atoms with Crippen LogP contribution < -0.4 is 5.32 Å². The molecule has 0 aliphatic heterocycles. The highest BCUT2D eigenvalue weighted by molar-refractivity contribution is 9.09. The summed E-state index contributed by atoms with van der Waals surface area (Å²) < 4.78 is 0. The second-order valence-corrected chi connectivity index (χ2v) is 5.45. The van der Waals surface area contributed by atoms with E-state index in [1.165, 1.54) is 18.2 Å². The van der Waals surface area contributed by atoms with Gasteiger partial charge in [0.05, 0.1) is 4.92 Å². The van der Waals surface area contributed by atoms with Crippen molar-refractivity contribution in [3.63, 3.8) is 0 Å². The van der Waals surface area contributed by atoms with Crippen molar-refractivity contribution in [3.05, 3.63) is 38.9 Å². The fraction of sp³-hybridized carbons (Fsp3) is 0.417. The van der Waals surface area contributed by atoms with Crippen LogP contribution >= 0.6 is 27.5 Å². The molecule has 1 amide bonds. The lowest BCUT2D eigenvalue weighted by Crippen LogP contribution is -2.46. The van der Waals surface area contributed by atoms with Crippen molar-refractivity contribution in [1.82, 2.24) is 5.32 Å². The minimum Gasteiger partial charge on any atom is -0.346 e. The molecule has 0 saturated carbocycles. The Balaban J connectivity index is 3.03. The lowest BCUT2D eigenvalue weighted by molar-refractivity contribution is -0.384. The SMILES string of the molecule is CCC(C)(CBr)NC(=O)c1cc(Cl)cc([N+](=O)[O-])c1. The molecule has 7 heteroatoms. The monoisotopic (exact) mass is 348 g/mol. The molecule has 0 aliphatic carbocycles. The van der Waals surface area contributed by atoms with Crippen LogP contribution in [-0.4, -0.2) is 21.7 Å². The summed E-state index contributed by atoms with van der Waals surface area (Å²) in [6.07, 6.45) is 0.729. The third-order valence-corrected chi connectivity index (χ3v) is 4.30. The third kappa shape index (κ3) is 4.18. The van der Waals surface area contributed by atoms with Crippen molar-refractivity contribution in [2.45, 2.75) is 25.8 Å². The molecule has 0 aliphatic rings. The number of halogens is 2. The van der Waals surface area contributed by atoms with Crippen molar-refractivity contribution >= 4 is 39.1 Å². The summed E-state index contributed by atoms with van der Waals surface area (Å²) in [5, 5.41) is 14.3. The van der Waals surface area contributed by atoms with Crippen LogP contribution in [0.3, 0.4) is 0 Å². The number of carbonyl (C=O) groups is 1. The molecule has 1 N–H and O–H groups in total. The first-order valence-corrected chi connectivity index (χ1v) is 7.14. The molecule has 0 saturated heterocycles. The summed E-state index contributed by atoms with van der Waals surface area (Å²) in [5.41, 5.74) is -0.428. The van der Waals surface area contributed by atoms with E-state index in [0.29, 0.717) is 5.33 Å².